The summed E-state index contributed by atoms with van der Waals surface area (Å²) in [6.45, 7) is 1.01. The number of benzene rings is 1. The third-order valence-electron chi connectivity index (χ3n) is 5.12. The first-order chi connectivity index (χ1) is 12.8. The summed E-state index contributed by atoms with van der Waals surface area (Å²) in [4.78, 5) is 19.6. The van der Waals surface area contributed by atoms with Crippen LogP contribution in [0.2, 0.25) is 0 Å². The first kappa shape index (κ1) is 17.0. The molecule has 2 aromatic rings. The van der Waals surface area contributed by atoms with E-state index >= 15 is 0 Å². The molecule has 26 heavy (non-hydrogen) atoms. The molecule has 1 saturated heterocycles. The molecule has 136 valence electrons. The van der Waals surface area contributed by atoms with Crippen LogP contribution in [-0.2, 0) is 17.6 Å². The molecule has 1 aromatic heterocycles. The van der Waals surface area contributed by atoms with E-state index in [1.54, 1.807) is 0 Å². The Kier molecular flexibility index (Phi) is 4.83. The Labute approximate surface area is 156 Å². The van der Waals surface area contributed by atoms with Crippen molar-refractivity contribution in [3.8, 4) is 0 Å². The summed E-state index contributed by atoms with van der Waals surface area (Å²) < 4.78 is 0. The molecular formula is C18H22N6OS. The van der Waals surface area contributed by atoms with Crippen LogP contribution in [0.5, 0.6) is 0 Å². The smallest absolute Gasteiger partial charge is 0.211 e. The second-order valence-electron chi connectivity index (χ2n) is 6.68. The lowest BCUT2D eigenvalue weighted by atomic mass is 10.0. The van der Waals surface area contributed by atoms with Gasteiger partial charge in [0.25, 0.3) is 0 Å². The molecule has 2 aliphatic rings. The lowest BCUT2D eigenvalue weighted by Crippen LogP contribution is -2.22. The van der Waals surface area contributed by atoms with Gasteiger partial charge in [-0.1, -0.05) is 11.3 Å². The average Bonchev–Trinajstić information content (AvgIpc) is 3.30. The van der Waals surface area contributed by atoms with Crippen LogP contribution in [0.15, 0.2) is 28.5 Å². The van der Waals surface area contributed by atoms with Crippen LogP contribution in [0.1, 0.15) is 47.9 Å². The van der Waals surface area contributed by atoms with Gasteiger partial charge >= 0.3 is 0 Å². The predicted octanol–water partition coefficient (Wildman–Crippen LogP) is 3.89. The summed E-state index contributed by atoms with van der Waals surface area (Å²) >= 11 is 1.85. The Morgan fingerprint density at radius 3 is 3.00 bits per heavy atom. The van der Waals surface area contributed by atoms with Gasteiger partial charge in [-0.3, -0.25) is 4.79 Å². The van der Waals surface area contributed by atoms with E-state index in [2.05, 4.69) is 20.6 Å². The van der Waals surface area contributed by atoms with Crippen molar-refractivity contribution in [2.45, 2.75) is 44.6 Å². The van der Waals surface area contributed by atoms with E-state index in [1.165, 1.54) is 29.8 Å². The topological polar surface area (TPSA) is 96.0 Å². The Balaban J connectivity index is 1.65. The van der Waals surface area contributed by atoms with Crippen molar-refractivity contribution in [1.29, 1.82) is 0 Å². The Bertz CT molecular complexity index is 810. The molecule has 1 fully saturated rings. The van der Waals surface area contributed by atoms with Crippen molar-refractivity contribution in [1.82, 2.24) is 4.98 Å². The summed E-state index contributed by atoms with van der Waals surface area (Å²) in [5.41, 5.74) is 3.62. The number of amides is 1. The molecule has 0 spiro atoms. The molecule has 1 aliphatic heterocycles. The average molecular weight is 370 g/mol. The zero-order valence-electron chi connectivity index (χ0n) is 14.5. The minimum absolute atomic E-state index is 0.264. The number of nitrogens with one attached hydrogen (secondary N) is 1. The van der Waals surface area contributed by atoms with Gasteiger partial charge < -0.3 is 16.1 Å². The quantitative estimate of drug-likeness (QED) is 0.361. The molecule has 7 nitrogen and oxygen atoms in total. The fraction of sp³-hybridized carbons (Fsp3) is 0.444. The number of thiazole rings is 1. The lowest BCUT2D eigenvalue weighted by molar-refractivity contribution is -0.105. The Morgan fingerprint density at radius 1 is 1.31 bits per heavy atom. The molecule has 4 rings (SSSR count). The van der Waals surface area contributed by atoms with Gasteiger partial charge in [0.05, 0.1) is 17.4 Å². The van der Waals surface area contributed by atoms with Crippen molar-refractivity contribution < 1.29 is 4.79 Å². The normalized spacial score (nSPS) is 19.7. The van der Waals surface area contributed by atoms with Crippen LogP contribution >= 0.6 is 11.3 Å². The number of anilines is 2. The zero-order chi connectivity index (χ0) is 17.9. The Hall–Kier alpha value is -2.48. The van der Waals surface area contributed by atoms with Gasteiger partial charge in [-0.05, 0) is 56.2 Å². The summed E-state index contributed by atoms with van der Waals surface area (Å²) in [6, 6.07) is 6.12. The Morgan fingerprint density at radius 2 is 2.19 bits per heavy atom. The minimum atomic E-state index is 0.264. The molecule has 8 heteroatoms. The molecular weight excluding hydrogens is 348 g/mol. The van der Waals surface area contributed by atoms with Gasteiger partial charge in [0.1, 0.15) is 5.69 Å². The van der Waals surface area contributed by atoms with Crippen molar-refractivity contribution >= 4 is 34.3 Å². The van der Waals surface area contributed by atoms with Crippen LogP contribution in [-0.4, -0.2) is 17.9 Å². The van der Waals surface area contributed by atoms with Crippen molar-refractivity contribution in [2.24, 2.45) is 16.2 Å². The molecule has 0 radical (unpaired) electrons. The van der Waals surface area contributed by atoms with E-state index in [9.17, 15) is 4.79 Å². The highest BCUT2D eigenvalue weighted by Crippen LogP contribution is 2.42. The molecule has 0 bridgehead atoms. The number of hydrogen-bond acceptors (Lipinski definition) is 6. The van der Waals surface area contributed by atoms with Gasteiger partial charge in [0.15, 0.2) is 5.13 Å². The van der Waals surface area contributed by atoms with Crippen molar-refractivity contribution in [2.75, 3.05) is 16.8 Å². The molecule has 2 heterocycles. The van der Waals surface area contributed by atoms with Crippen LogP contribution in [0, 0.1) is 0 Å². The maximum atomic E-state index is 10.8. The summed E-state index contributed by atoms with van der Waals surface area (Å²) in [6.07, 6.45) is 7.64. The number of aryl methyl sites for hydroxylation is 2. The van der Waals surface area contributed by atoms with E-state index in [0.717, 1.165) is 36.5 Å². The van der Waals surface area contributed by atoms with E-state index in [4.69, 9.17) is 10.8 Å². The van der Waals surface area contributed by atoms with Gasteiger partial charge in [0, 0.05) is 11.4 Å². The highest BCUT2D eigenvalue weighted by atomic mass is 32.1. The number of aromatic nitrogens is 1. The van der Waals surface area contributed by atoms with E-state index in [0.29, 0.717) is 17.8 Å². The number of hydrogen-bond donors (Lipinski definition) is 2. The maximum Gasteiger partial charge on any atom is 0.211 e. The lowest BCUT2D eigenvalue weighted by Gasteiger charge is -2.25. The molecule has 1 atom stereocenters. The third-order valence-corrected chi connectivity index (χ3v) is 6.31. The van der Waals surface area contributed by atoms with Crippen LogP contribution in [0.3, 0.4) is 0 Å². The number of nitrogens with zero attached hydrogens (tertiary/aromatic N) is 4. The molecule has 1 amide bonds. The first-order valence-corrected chi connectivity index (χ1v) is 9.82. The SMILES string of the molecule is NN=Nc1cc([C@H]2CCCN2c2nc3c(s2)CCCC3)ccc1NC=O. The summed E-state index contributed by atoms with van der Waals surface area (Å²) in [5, 5.41) is 11.1. The number of rotatable bonds is 5. The second-order valence-corrected chi connectivity index (χ2v) is 7.74. The van der Waals surface area contributed by atoms with Gasteiger partial charge in [-0.25, -0.2) is 4.98 Å². The second kappa shape index (κ2) is 7.41. The standard InChI is InChI=1S/C18H22N6OS/c19-23-22-15-10-12(7-8-13(15)20-11-25)16-5-3-9-24(16)18-21-14-4-1-2-6-17(14)26-18/h7-8,10-11,16H,1-6,9H2,(H2,19,22)(H,20,25)/t16-/m1/s1. The van der Waals surface area contributed by atoms with Crippen molar-refractivity contribution in [3.05, 3.63) is 34.3 Å². The molecule has 1 aliphatic carbocycles. The van der Waals surface area contributed by atoms with E-state index in [-0.39, 0.29) is 6.04 Å². The van der Waals surface area contributed by atoms with Gasteiger partial charge in [0.2, 0.25) is 6.41 Å². The number of carbonyl (C=O) groups is 1. The van der Waals surface area contributed by atoms with Gasteiger partial charge in [-0.2, -0.15) is 0 Å². The molecule has 0 unspecified atom stereocenters. The molecule has 1 aromatic carbocycles. The highest BCUT2D eigenvalue weighted by molar-refractivity contribution is 7.15. The monoisotopic (exact) mass is 370 g/mol. The predicted molar refractivity (Wildman–Crippen MR) is 103 cm³/mol. The first-order valence-electron chi connectivity index (χ1n) is 9.00. The number of nitrogens with two attached hydrogens (primary N) is 1. The van der Waals surface area contributed by atoms with Crippen LogP contribution in [0.4, 0.5) is 16.5 Å². The third kappa shape index (κ3) is 3.16. The largest absolute Gasteiger partial charge is 0.341 e. The number of carbonyl (C=O) groups excluding carboxylic acids is 1. The van der Waals surface area contributed by atoms with Gasteiger partial charge in [-0.15, -0.1) is 16.5 Å². The number of fused-ring (bicyclic) bond motifs is 1. The molecule has 0 saturated carbocycles. The molecule has 3 N–H and O–H groups in total. The summed E-state index contributed by atoms with van der Waals surface area (Å²) in [5.74, 6) is 5.23. The van der Waals surface area contributed by atoms with E-state index < -0.39 is 0 Å². The highest BCUT2D eigenvalue weighted by Gasteiger charge is 2.30. The minimum Gasteiger partial charge on any atom is -0.341 e. The van der Waals surface area contributed by atoms with E-state index in [1.807, 2.05) is 29.5 Å². The fourth-order valence-electron chi connectivity index (χ4n) is 3.89. The maximum absolute atomic E-state index is 10.8. The van der Waals surface area contributed by atoms with Crippen molar-refractivity contribution in [3.63, 3.8) is 0 Å². The zero-order valence-corrected chi connectivity index (χ0v) is 15.3. The van der Waals surface area contributed by atoms with Crippen LogP contribution in [0.25, 0.3) is 0 Å². The van der Waals surface area contributed by atoms with Crippen LogP contribution < -0.4 is 16.1 Å². The fourth-order valence-corrected chi connectivity index (χ4v) is 5.11. The summed E-state index contributed by atoms with van der Waals surface area (Å²) in [7, 11) is 0.